The molecule has 94 valence electrons. The van der Waals surface area contributed by atoms with E-state index < -0.39 is 0 Å². The Balaban J connectivity index is 1.91. The number of hydrogen-bond acceptors (Lipinski definition) is 2. The van der Waals surface area contributed by atoms with Crippen LogP contribution in [0.5, 0.6) is 5.75 Å². The fraction of sp³-hybridized carbons (Fsp3) is 0.571. The molecule has 1 aliphatic carbocycles. The Morgan fingerprint density at radius 2 is 2.18 bits per heavy atom. The van der Waals surface area contributed by atoms with Crippen LogP contribution in [0.15, 0.2) is 24.3 Å². The quantitative estimate of drug-likeness (QED) is 0.821. The molecule has 0 amide bonds. The van der Waals surface area contributed by atoms with Crippen LogP contribution in [0.2, 0.25) is 0 Å². The van der Waals surface area contributed by atoms with Crippen molar-refractivity contribution in [1.82, 2.24) is 5.32 Å². The molecule has 3 heteroatoms. The molecule has 1 saturated carbocycles. The molecule has 0 aromatic heterocycles. The molecular formula is C14H20FNO. The topological polar surface area (TPSA) is 21.3 Å². The summed E-state index contributed by atoms with van der Waals surface area (Å²) < 4.78 is 18.9. The van der Waals surface area contributed by atoms with Crippen molar-refractivity contribution >= 4 is 0 Å². The largest absolute Gasteiger partial charge is 0.489 e. The van der Waals surface area contributed by atoms with Gasteiger partial charge in [-0.1, -0.05) is 19.9 Å². The predicted molar refractivity (Wildman–Crippen MR) is 66.7 cm³/mol. The van der Waals surface area contributed by atoms with Crippen LogP contribution < -0.4 is 10.1 Å². The summed E-state index contributed by atoms with van der Waals surface area (Å²) in [6.07, 6.45) is 2.63. The minimum absolute atomic E-state index is 0.0948. The van der Waals surface area contributed by atoms with E-state index >= 15 is 0 Å². The molecule has 0 bridgehead atoms. The van der Waals surface area contributed by atoms with Gasteiger partial charge in [0.2, 0.25) is 0 Å². The summed E-state index contributed by atoms with van der Waals surface area (Å²) in [5, 5.41) is 3.45. The van der Waals surface area contributed by atoms with Crippen molar-refractivity contribution in [2.45, 2.75) is 38.8 Å². The number of hydrogen-bond donors (Lipinski definition) is 1. The summed E-state index contributed by atoms with van der Waals surface area (Å²) in [5.74, 6) is 0.769. The first-order valence-electron chi connectivity index (χ1n) is 6.31. The Labute approximate surface area is 102 Å². The first kappa shape index (κ1) is 12.4. The molecule has 1 fully saturated rings. The van der Waals surface area contributed by atoms with Crippen LogP contribution in [-0.2, 0) is 0 Å². The van der Waals surface area contributed by atoms with Crippen molar-refractivity contribution in [2.75, 3.05) is 6.54 Å². The lowest BCUT2D eigenvalue weighted by Crippen LogP contribution is -2.36. The Hall–Kier alpha value is -1.09. The zero-order chi connectivity index (χ0) is 12.3. The highest BCUT2D eigenvalue weighted by atomic mass is 19.1. The molecule has 1 atom stereocenters. The van der Waals surface area contributed by atoms with Gasteiger partial charge in [-0.3, -0.25) is 0 Å². The smallest absolute Gasteiger partial charge is 0.126 e. The van der Waals surface area contributed by atoms with Crippen LogP contribution >= 0.6 is 0 Å². The molecule has 2 rings (SSSR count). The van der Waals surface area contributed by atoms with Gasteiger partial charge in [0.15, 0.2) is 0 Å². The first-order valence-corrected chi connectivity index (χ1v) is 6.31. The number of ether oxygens (including phenoxy) is 1. The van der Waals surface area contributed by atoms with Crippen molar-refractivity contribution in [3.8, 4) is 5.75 Å². The normalized spacial score (nSPS) is 17.2. The van der Waals surface area contributed by atoms with E-state index in [1.54, 1.807) is 12.1 Å². The van der Waals surface area contributed by atoms with E-state index in [0.717, 1.165) is 6.54 Å². The molecule has 1 N–H and O–H groups in total. The first-order chi connectivity index (χ1) is 8.15. The summed E-state index contributed by atoms with van der Waals surface area (Å²) in [6, 6.07) is 7.02. The molecule has 1 aliphatic rings. The highest BCUT2D eigenvalue weighted by Gasteiger charge is 2.23. The highest BCUT2D eigenvalue weighted by Crippen LogP contribution is 2.20. The van der Waals surface area contributed by atoms with Crippen LogP contribution in [0, 0.1) is 11.7 Å². The van der Waals surface area contributed by atoms with E-state index in [2.05, 4.69) is 19.2 Å². The van der Waals surface area contributed by atoms with Gasteiger partial charge in [-0.2, -0.15) is 0 Å². The fourth-order valence-corrected chi connectivity index (χ4v) is 1.70. The Kier molecular flexibility index (Phi) is 4.00. The van der Waals surface area contributed by atoms with Gasteiger partial charge in [-0.05, 0) is 30.9 Å². The van der Waals surface area contributed by atoms with Crippen LogP contribution in [0.1, 0.15) is 26.7 Å². The Bertz CT molecular complexity index is 363. The van der Waals surface area contributed by atoms with Gasteiger partial charge in [-0.25, -0.2) is 4.39 Å². The van der Waals surface area contributed by atoms with Crippen molar-refractivity contribution in [3.63, 3.8) is 0 Å². The second-order valence-electron chi connectivity index (χ2n) is 5.04. The van der Waals surface area contributed by atoms with Gasteiger partial charge in [0, 0.05) is 18.7 Å². The van der Waals surface area contributed by atoms with Crippen molar-refractivity contribution < 1.29 is 9.13 Å². The summed E-state index contributed by atoms with van der Waals surface area (Å²) in [5.41, 5.74) is 0. The van der Waals surface area contributed by atoms with E-state index in [4.69, 9.17) is 4.74 Å². The second kappa shape index (κ2) is 5.50. The predicted octanol–water partition coefficient (Wildman–Crippen LogP) is 2.98. The molecule has 1 aromatic carbocycles. The number of benzene rings is 1. The van der Waals surface area contributed by atoms with Crippen LogP contribution in [-0.4, -0.2) is 18.7 Å². The Morgan fingerprint density at radius 3 is 2.76 bits per heavy atom. The summed E-state index contributed by atoms with van der Waals surface area (Å²) in [4.78, 5) is 0. The molecule has 0 heterocycles. The van der Waals surface area contributed by atoms with Crippen molar-refractivity contribution in [3.05, 3.63) is 30.1 Å². The summed E-state index contributed by atoms with van der Waals surface area (Å²) >= 11 is 0. The van der Waals surface area contributed by atoms with Crippen molar-refractivity contribution in [1.29, 1.82) is 0 Å². The third kappa shape index (κ3) is 4.00. The van der Waals surface area contributed by atoms with Gasteiger partial charge in [0.1, 0.15) is 17.7 Å². The SMILES string of the molecule is CC(C)C(CNC1CC1)Oc1cccc(F)c1. The van der Waals surface area contributed by atoms with Gasteiger partial charge in [0.05, 0.1) is 0 Å². The molecule has 0 spiro atoms. The summed E-state index contributed by atoms with van der Waals surface area (Å²) in [7, 11) is 0. The average Bonchev–Trinajstić information content (AvgIpc) is 3.07. The maximum Gasteiger partial charge on any atom is 0.126 e. The number of nitrogens with one attached hydrogen (secondary N) is 1. The zero-order valence-corrected chi connectivity index (χ0v) is 10.4. The van der Waals surface area contributed by atoms with Gasteiger partial charge < -0.3 is 10.1 Å². The molecule has 1 unspecified atom stereocenters. The lowest BCUT2D eigenvalue weighted by Gasteiger charge is -2.23. The lowest BCUT2D eigenvalue weighted by atomic mass is 10.1. The average molecular weight is 237 g/mol. The maximum absolute atomic E-state index is 13.0. The van der Waals surface area contributed by atoms with E-state index in [-0.39, 0.29) is 11.9 Å². The standard InChI is InChI=1S/C14H20FNO/c1-10(2)14(9-16-12-6-7-12)17-13-5-3-4-11(15)8-13/h3-5,8,10,12,14,16H,6-7,9H2,1-2H3. The van der Waals surface area contributed by atoms with E-state index in [9.17, 15) is 4.39 Å². The molecule has 17 heavy (non-hydrogen) atoms. The van der Waals surface area contributed by atoms with Crippen LogP contribution in [0.4, 0.5) is 4.39 Å². The summed E-state index contributed by atoms with van der Waals surface area (Å²) in [6.45, 7) is 5.08. The molecular weight excluding hydrogens is 217 g/mol. The highest BCUT2D eigenvalue weighted by molar-refractivity contribution is 5.22. The van der Waals surface area contributed by atoms with Gasteiger partial charge in [0.25, 0.3) is 0 Å². The second-order valence-corrected chi connectivity index (χ2v) is 5.04. The molecule has 0 aliphatic heterocycles. The van der Waals surface area contributed by atoms with Gasteiger partial charge in [-0.15, -0.1) is 0 Å². The lowest BCUT2D eigenvalue weighted by molar-refractivity contribution is 0.148. The number of rotatable bonds is 6. The van der Waals surface area contributed by atoms with E-state index in [1.165, 1.54) is 25.0 Å². The third-order valence-corrected chi connectivity index (χ3v) is 3.01. The molecule has 0 radical (unpaired) electrons. The van der Waals surface area contributed by atoms with Crippen LogP contribution in [0.3, 0.4) is 0 Å². The monoisotopic (exact) mass is 237 g/mol. The fourth-order valence-electron chi connectivity index (χ4n) is 1.70. The molecule has 1 aromatic rings. The molecule has 0 saturated heterocycles. The third-order valence-electron chi connectivity index (χ3n) is 3.01. The van der Waals surface area contributed by atoms with E-state index in [1.807, 2.05) is 0 Å². The van der Waals surface area contributed by atoms with Crippen LogP contribution in [0.25, 0.3) is 0 Å². The van der Waals surface area contributed by atoms with Crippen molar-refractivity contribution in [2.24, 2.45) is 5.92 Å². The van der Waals surface area contributed by atoms with E-state index in [0.29, 0.717) is 17.7 Å². The number of halogens is 1. The maximum atomic E-state index is 13.0. The molecule has 2 nitrogen and oxygen atoms in total. The Morgan fingerprint density at radius 1 is 1.41 bits per heavy atom. The minimum Gasteiger partial charge on any atom is -0.489 e. The van der Waals surface area contributed by atoms with Gasteiger partial charge >= 0.3 is 0 Å². The minimum atomic E-state index is -0.250. The zero-order valence-electron chi connectivity index (χ0n) is 10.4.